The first kappa shape index (κ1) is 28.5. The number of carbonyl (C=O) groups excluding carboxylic acids is 2. The molecule has 0 aliphatic carbocycles. The van der Waals surface area contributed by atoms with E-state index in [1.807, 2.05) is 12.1 Å². The molecule has 0 unspecified atom stereocenters. The zero-order valence-electron chi connectivity index (χ0n) is 22.4. The van der Waals surface area contributed by atoms with Crippen LogP contribution in [0.3, 0.4) is 0 Å². The van der Waals surface area contributed by atoms with E-state index in [4.69, 9.17) is 0 Å². The third-order valence-corrected chi connectivity index (χ3v) is 7.94. The van der Waals surface area contributed by atoms with E-state index in [0.717, 1.165) is 34.1 Å². The summed E-state index contributed by atoms with van der Waals surface area (Å²) in [7, 11) is -4.18. The van der Waals surface area contributed by atoms with E-state index < -0.39 is 28.3 Å². The molecular weight excluding hydrogens is 529 g/mol. The van der Waals surface area contributed by atoms with Crippen molar-refractivity contribution in [1.29, 1.82) is 0 Å². The van der Waals surface area contributed by atoms with Gasteiger partial charge < -0.3 is 10.6 Å². The minimum absolute atomic E-state index is 0.0318. The van der Waals surface area contributed by atoms with Crippen LogP contribution in [0.2, 0.25) is 0 Å². The Balaban J connectivity index is 1.49. The van der Waals surface area contributed by atoms with Crippen molar-refractivity contribution in [2.75, 3.05) is 21.5 Å². The predicted octanol–water partition coefficient (Wildman–Crippen LogP) is 6.21. The van der Waals surface area contributed by atoms with Crippen molar-refractivity contribution in [1.82, 2.24) is 0 Å². The highest BCUT2D eigenvalue weighted by Crippen LogP contribution is 2.25. The van der Waals surface area contributed by atoms with Crippen LogP contribution in [0.1, 0.15) is 36.7 Å². The number of amides is 2. The molecule has 2 amide bonds. The molecule has 0 aliphatic rings. The normalized spacial score (nSPS) is 11.5. The van der Waals surface area contributed by atoms with Gasteiger partial charge in [-0.1, -0.05) is 57.2 Å². The average Bonchev–Trinajstić information content (AvgIpc) is 2.92. The van der Waals surface area contributed by atoms with Gasteiger partial charge in [0.1, 0.15) is 12.4 Å². The number of hydrogen-bond acceptors (Lipinski definition) is 4. The quantitative estimate of drug-likeness (QED) is 0.268. The summed E-state index contributed by atoms with van der Waals surface area (Å²) in [6.45, 7) is 5.76. The SMILES string of the molecule is CC(C)(C)c1ccc(C(=O)Nc2cccc(NC(=O)CN(c3ccccc3)S(=O)(=O)c3ccc(F)cc3)c2)cc1. The van der Waals surface area contributed by atoms with Crippen LogP contribution in [0.25, 0.3) is 0 Å². The maximum absolute atomic E-state index is 13.4. The first-order valence-corrected chi connectivity index (χ1v) is 14.0. The Kier molecular flexibility index (Phi) is 8.35. The molecule has 40 heavy (non-hydrogen) atoms. The second-order valence-electron chi connectivity index (χ2n) is 10.2. The van der Waals surface area contributed by atoms with Gasteiger partial charge in [0, 0.05) is 16.9 Å². The number of carbonyl (C=O) groups is 2. The number of sulfonamides is 1. The molecule has 0 atom stereocenters. The van der Waals surface area contributed by atoms with E-state index >= 15 is 0 Å². The van der Waals surface area contributed by atoms with Gasteiger partial charge in [-0.2, -0.15) is 0 Å². The molecule has 0 heterocycles. The van der Waals surface area contributed by atoms with Gasteiger partial charge in [-0.25, -0.2) is 12.8 Å². The number of para-hydroxylation sites is 1. The highest BCUT2D eigenvalue weighted by molar-refractivity contribution is 7.92. The lowest BCUT2D eigenvalue weighted by Gasteiger charge is -2.24. The van der Waals surface area contributed by atoms with Gasteiger partial charge in [-0.15, -0.1) is 0 Å². The highest BCUT2D eigenvalue weighted by Gasteiger charge is 2.27. The maximum atomic E-state index is 13.4. The molecule has 0 fully saturated rings. The maximum Gasteiger partial charge on any atom is 0.264 e. The molecule has 9 heteroatoms. The van der Waals surface area contributed by atoms with Crippen LogP contribution in [0.5, 0.6) is 0 Å². The molecule has 4 rings (SSSR count). The summed E-state index contributed by atoms with van der Waals surface area (Å²) in [5, 5.41) is 5.52. The molecule has 2 N–H and O–H groups in total. The summed E-state index contributed by atoms with van der Waals surface area (Å²) in [6, 6.07) is 26.5. The lowest BCUT2D eigenvalue weighted by Crippen LogP contribution is -2.38. The van der Waals surface area contributed by atoms with E-state index in [1.54, 1.807) is 66.7 Å². The largest absolute Gasteiger partial charge is 0.324 e. The van der Waals surface area contributed by atoms with Crippen LogP contribution in [-0.4, -0.2) is 26.8 Å². The minimum atomic E-state index is -4.18. The summed E-state index contributed by atoms with van der Waals surface area (Å²) in [6.07, 6.45) is 0. The van der Waals surface area contributed by atoms with Crippen molar-refractivity contribution >= 4 is 38.9 Å². The second kappa shape index (κ2) is 11.7. The molecule has 0 aromatic heterocycles. The van der Waals surface area contributed by atoms with Crippen molar-refractivity contribution in [2.24, 2.45) is 0 Å². The van der Waals surface area contributed by atoms with Crippen molar-refractivity contribution in [2.45, 2.75) is 31.1 Å². The topological polar surface area (TPSA) is 95.6 Å². The Morgan fingerprint density at radius 3 is 1.98 bits per heavy atom. The Bertz CT molecular complexity index is 1600. The number of halogens is 1. The van der Waals surface area contributed by atoms with Gasteiger partial charge >= 0.3 is 0 Å². The molecule has 206 valence electrons. The fraction of sp³-hybridized carbons (Fsp3) is 0.161. The standard InChI is InChI=1S/C31H30FN3O4S/c1-31(2,3)23-14-12-22(13-15-23)30(37)34-26-9-7-8-25(20-26)33-29(36)21-35(27-10-5-4-6-11-27)40(38,39)28-18-16-24(32)17-19-28/h4-20H,21H2,1-3H3,(H,33,36)(H,34,37). The lowest BCUT2D eigenvalue weighted by atomic mass is 9.87. The summed E-state index contributed by atoms with van der Waals surface area (Å²) >= 11 is 0. The van der Waals surface area contributed by atoms with Gasteiger partial charge in [0.25, 0.3) is 15.9 Å². The predicted molar refractivity (Wildman–Crippen MR) is 156 cm³/mol. The Hall–Kier alpha value is -4.50. The zero-order valence-corrected chi connectivity index (χ0v) is 23.2. The lowest BCUT2D eigenvalue weighted by molar-refractivity contribution is -0.114. The minimum Gasteiger partial charge on any atom is -0.324 e. The third-order valence-electron chi connectivity index (χ3n) is 6.15. The molecule has 0 saturated carbocycles. The Morgan fingerprint density at radius 1 is 0.775 bits per heavy atom. The zero-order chi connectivity index (χ0) is 28.9. The van der Waals surface area contributed by atoms with E-state index in [9.17, 15) is 22.4 Å². The average molecular weight is 560 g/mol. The molecule has 0 spiro atoms. The monoisotopic (exact) mass is 559 g/mol. The van der Waals surface area contributed by atoms with Crippen LogP contribution in [0, 0.1) is 5.82 Å². The number of hydrogen-bond donors (Lipinski definition) is 2. The molecule has 0 aliphatic heterocycles. The van der Waals surface area contributed by atoms with Crippen LogP contribution in [0.15, 0.2) is 108 Å². The van der Waals surface area contributed by atoms with Crippen LogP contribution in [0.4, 0.5) is 21.5 Å². The second-order valence-corrected chi connectivity index (χ2v) is 12.1. The van der Waals surface area contributed by atoms with E-state index in [2.05, 4.69) is 31.4 Å². The molecule has 4 aromatic carbocycles. The Labute approximate surface area is 233 Å². The van der Waals surface area contributed by atoms with Crippen LogP contribution in [-0.2, 0) is 20.2 Å². The summed E-state index contributed by atoms with van der Waals surface area (Å²) in [4.78, 5) is 25.7. The summed E-state index contributed by atoms with van der Waals surface area (Å²) in [5.74, 6) is -1.47. The molecule has 4 aromatic rings. The number of anilines is 3. The number of nitrogens with zero attached hydrogens (tertiary/aromatic N) is 1. The number of nitrogens with one attached hydrogen (secondary N) is 2. The van der Waals surface area contributed by atoms with Gasteiger partial charge in [-0.05, 0) is 77.7 Å². The number of benzene rings is 4. The van der Waals surface area contributed by atoms with Gasteiger partial charge in [0.15, 0.2) is 0 Å². The molecule has 0 radical (unpaired) electrons. The van der Waals surface area contributed by atoms with Crippen LogP contribution >= 0.6 is 0 Å². The molecule has 7 nitrogen and oxygen atoms in total. The first-order chi connectivity index (χ1) is 18.9. The van der Waals surface area contributed by atoms with Crippen molar-refractivity contribution in [3.8, 4) is 0 Å². The van der Waals surface area contributed by atoms with Gasteiger partial charge in [0.05, 0.1) is 10.6 Å². The van der Waals surface area contributed by atoms with E-state index in [-0.39, 0.29) is 21.9 Å². The molecule has 0 bridgehead atoms. The third kappa shape index (κ3) is 6.92. The fourth-order valence-electron chi connectivity index (χ4n) is 3.97. The smallest absolute Gasteiger partial charge is 0.264 e. The summed E-state index contributed by atoms with van der Waals surface area (Å²) in [5.41, 5.74) is 2.68. The molecular formula is C31H30FN3O4S. The highest BCUT2D eigenvalue weighted by atomic mass is 32.2. The van der Waals surface area contributed by atoms with E-state index in [1.165, 1.54) is 0 Å². The first-order valence-electron chi connectivity index (χ1n) is 12.6. The van der Waals surface area contributed by atoms with Crippen LogP contribution < -0.4 is 14.9 Å². The van der Waals surface area contributed by atoms with Gasteiger partial charge in [-0.3, -0.25) is 13.9 Å². The number of rotatable bonds is 8. The molecule has 0 saturated heterocycles. The van der Waals surface area contributed by atoms with Crippen molar-refractivity contribution < 1.29 is 22.4 Å². The van der Waals surface area contributed by atoms with Crippen molar-refractivity contribution in [3.05, 3.63) is 120 Å². The van der Waals surface area contributed by atoms with Gasteiger partial charge in [0.2, 0.25) is 5.91 Å². The fourth-order valence-corrected chi connectivity index (χ4v) is 5.39. The Morgan fingerprint density at radius 2 is 1.38 bits per heavy atom. The summed E-state index contributed by atoms with van der Waals surface area (Å²) < 4.78 is 41.2. The van der Waals surface area contributed by atoms with E-state index in [0.29, 0.717) is 16.9 Å². The van der Waals surface area contributed by atoms with Crippen molar-refractivity contribution in [3.63, 3.8) is 0 Å².